The average Bonchev–Trinajstić information content (AvgIpc) is 3.64. The summed E-state index contributed by atoms with van der Waals surface area (Å²) >= 11 is 0. The van der Waals surface area contributed by atoms with Crippen LogP contribution in [0.1, 0.15) is 25.0 Å². The van der Waals surface area contributed by atoms with Crippen molar-refractivity contribution < 1.29 is 0 Å². The van der Waals surface area contributed by atoms with Crippen LogP contribution in [0.3, 0.4) is 0 Å². The van der Waals surface area contributed by atoms with Crippen LogP contribution in [0.4, 0.5) is 34.1 Å². The van der Waals surface area contributed by atoms with Crippen molar-refractivity contribution in [2.45, 2.75) is 19.3 Å². The van der Waals surface area contributed by atoms with E-state index in [1.165, 1.54) is 55.3 Å². The first-order chi connectivity index (χ1) is 34.0. The number of fused-ring (bicyclic) bond motifs is 4. The van der Waals surface area contributed by atoms with E-state index in [1.807, 2.05) is 0 Å². The van der Waals surface area contributed by atoms with Gasteiger partial charge in [-0.25, -0.2) is 0 Å². The van der Waals surface area contributed by atoms with Crippen LogP contribution in [0.2, 0.25) is 0 Å². The van der Waals surface area contributed by atoms with Gasteiger partial charge in [0.05, 0.1) is 5.69 Å². The second-order valence-corrected chi connectivity index (χ2v) is 18.5. The largest absolute Gasteiger partial charge is 0.310 e. The fourth-order valence-corrected chi connectivity index (χ4v) is 10.7. The van der Waals surface area contributed by atoms with E-state index in [2.05, 4.69) is 291 Å². The van der Waals surface area contributed by atoms with Crippen LogP contribution in [0.15, 0.2) is 267 Å². The molecule has 0 aromatic heterocycles. The van der Waals surface area contributed by atoms with Crippen LogP contribution in [0, 0.1) is 0 Å². The molecule has 0 unspecified atom stereocenters. The molecule has 0 saturated heterocycles. The molecule has 69 heavy (non-hydrogen) atoms. The van der Waals surface area contributed by atoms with E-state index >= 15 is 0 Å². The van der Waals surface area contributed by atoms with Crippen molar-refractivity contribution in [2.75, 3.05) is 9.80 Å². The third kappa shape index (κ3) is 7.57. The molecule has 0 radical (unpaired) electrons. The van der Waals surface area contributed by atoms with Gasteiger partial charge in [-0.1, -0.05) is 214 Å². The predicted octanol–water partition coefficient (Wildman–Crippen LogP) is 18.8. The molecular formula is C67H50N2. The van der Waals surface area contributed by atoms with Gasteiger partial charge in [0.15, 0.2) is 0 Å². The monoisotopic (exact) mass is 882 g/mol. The minimum absolute atomic E-state index is 0.162. The molecule has 2 nitrogen and oxygen atoms in total. The fourth-order valence-electron chi connectivity index (χ4n) is 10.7. The minimum Gasteiger partial charge on any atom is -0.310 e. The lowest BCUT2D eigenvalue weighted by Gasteiger charge is -2.32. The van der Waals surface area contributed by atoms with E-state index in [-0.39, 0.29) is 5.41 Å². The van der Waals surface area contributed by atoms with Gasteiger partial charge in [0.25, 0.3) is 0 Å². The van der Waals surface area contributed by atoms with E-state index < -0.39 is 0 Å². The Morgan fingerprint density at radius 3 is 1.55 bits per heavy atom. The fraction of sp³-hybridized carbons (Fsp3) is 0.0448. The molecule has 11 aromatic carbocycles. The van der Waals surface area contributed by atoms with Crippen molar-refractivity contribution in [1.29, 1.82) is 0 Å². The highest BCUT2D eigenvalue weighted by Gasteiger charge is 2.36. The number of hydrogen-bond acceptors (Lipinski definition) is 2. The van der Waals surface area contributed by atoms with Crippen LogP contribution in [0.5, 0.6) is 0 Å². The SMILES string of the molecule is CC1(C)c2ccccc2-c2ccc(N(c3ccccc3)c3cc(-c4cccc(-c5ccc6ccccc6c5-c5ccccc5)c4)cc(N(c4ccccc4)c4ccccc4-c4ccccc4)c3)cc21. The summed E-state index contributed by atoms with van der Waals surface area (Å²) in [6, 6.07) is 97.5. The van der Waals surface area contributed by atoms with Gasteiger partial charge in [-0.15, -0.1) is 0 Å². The Kier molecular flexibility index (Phi) is 10.6. The number of benzene rings is 11. The smallest absolute Gasteiger partial charge is 0.0540 e. The van der Waals surface area contributed by atoms with E-state index in [0.29, 0.717) is 0 Å². The average molecular weight is 883 g/mol. The molecule has 12 rings (SSSR count). The molecule has 0 heterocycles. The highest BCUT2D eigenvalue weighted by molar-refractivity contribution is 6.04. The van der Waals surface area contributed by atoms with E-state index in [0.717, 1.165) is 56.4 Å². The summed E-state index contributed by atoms with van der Waals surface area (Å²) in [5, 5.41) is 2.47. The van der Waals surface area contributed by atoms with Crippen LogP contribution in [0.25, 0.3) is 66.4 Å². The van der Waals surface area contributed by atoms with E-state index in [1.54, 1.807) is 0 Å². The zero-order valence-corrected chi connectivity index (χ0v) is 38.8. The van der Waals surface area contributed by atoms with Crippen molar-refractivity contribution in [1.82, 2.24) is 0 Å². The van der Waals surface area contributed by atoms with Gasteiger partial charge >= 0.3 is 0 Å². The maximum absolute atomic E-state index is 2.44. The molecule has 1 aliphatic rings. The molecule has 0 aliphatic heterocycles. The maximum atomic E-state index is 2.44. The molecule has 0 N–H and O–H groups in total. The summed E-state index contributed by atoms with van der Waals surface area (Å²) in [7, 11) is 0. The van der Waals surface area contributed by atoms with Gasteiger partial charge in [-0.05, 0) is 139 Å². The number of nitrogens with zero attached hydrogens (tertiary/aromatic N) is 2. The Hall–Kier alpha value is -8.72. The maximum Gasteiger partial charge on any atom is 0.0540 e. The molecule has 11 aromatic rings. The second kappa shape index (κ2) is 17.5. The molecular weight excluding hydrogens is 833 g/mol. The summed E-state index contributed by atoms with van der Waals surface area (Å²) in [6.45, 7) is 4.72. The van der Waals surface area contributed by atoms with Crippen LogP contribution >= 0.6 is 0 Å². The second-order valence-electron chi connectivity index (χ2n) is 18.5. The third-order valence-electron chi connectivity index (χ3n) is 14.0. The zero-order valence-electron chi connectivity index (χ0n) is 38.8. The summed E-state index contributed by atoms with van der Waals surface area (Å²) in [5.41, 5.74) is 21.0. The van der Waals surface area contributed by atoms with Gasteiger partial charge in [0.1, 0.15) is 0 Å². The van der Waals surface area contributed by atoms with Gasteiger partial charge in [0, 0.05) is 39.4 Å². The third-order valence-corrected chi connectivity index (χ3v) is 14.0. The lowest BCUT2D eigenvalue weighted by Crippen LogP contribution is -2.17. The normalized spacial score (nSPS) is 12.3. The van der Waals surface area contributed by atoms with Crippen LogP contribution < -0.4 is 9.80 Å². The van der Waals surface area contributed by atoms with Crippen molar-refractivity contribution in [3.63, 3.8) is 0 Å². The van der Waals surface area contributed by atoms with Crippen molar-refractivity contribution in [2.24, 2.45) is 0 Å². The minimum atomic E-state index is -0.162. The van der Waals surface area contributed by atoms with Crippen molar-refractivity contribution in [3.05, 3.63) is 278 Å². The molecule has 1 aliphatic carbocycles. The number of rotatable bonds is 10. The Bertz CT molecular complexity index is 3630. The Balaban J connectivity index is 1.11. The zero-order chi connectivity index (χ0) is 46.3. The molecule has 0 bridgehead atoms. The molecule has 2 heteroatoms. The summed E-state index contributed by atoms with van der Waals surface area (Å²) in [4.78, 5) is 4.88. The number of anilines is 6. The predicted molar refractivity (Wildman–Crippen MR) is 293 cm³/mol. The molecule has 0 amide bonds. The Labute approximate surface area is 405 Å². The Morgan fingerprint density at radius 1 is 0.275 bits per heavy atom. The lowest BCUT2D eigenvalue weighted by molar-refractivity contribution is 0.660. The van der Waals surface area contributed by atoms with Gasteiger partial charge < -0.3 is 9.80 Å². The van der Waals surface area contributed by atoms with Gasteiger partial charge in [-0.2, -0.15) is 0 Å². The topological polar surface area (TPSA) is 6.48 Å². The first-order valence-corrected chi connectivity index (χ1v) is 23.9. The van der Waals surface area contributed by atoms with Crippen LogP contribution in [-0.2, 0) is 5.41 Å². The van der Waals surface area contributed by atoms with E-state index in [4.69, 9.17) is 0 Å². The molecule has 0 fully saturated rings. The standard InChI is InChI=1S/C67H50N2/c1-67(2)63-36-19-17-35-61(63)62-41-39-55(46-64(62)67)68(53-29-11-5-12-30-53)56-43-52(44-57(45-56)69(54-31-13-6-14-32-54)65-37-20-18-33-58(65)47-22-7-3-8-23-47)50-27-21-28-51(42-50)60-40-38-48-24-15-16-34-59(48)66(60)49-25-9-4-10-26-49/h3-46H,1-2H3. The highest BCUT2D eigenvalue weighted by atomic mass is 15.2. The number of hydrogen-bond donors (Lipinski definition) is 0. The summed E-state index contributed by atoms with van der Waals surface area (Å²) in [6.07, 6.45) is 0. The molecule has 0 saturated carbocycles. The van der Waals surface area contributed by atoms with Gasteiger partial charge in [-0.3, -0.25) is 0 Å². The molecule has 0 atom stereocenters. The summed E-state index contributed by atoms with van der Waals surface area (Å²) < 4.78 is 0. The first-order valence-electron chi connectivity index (χ1n) is 23.9. The van der Waals surface area contributed by atoms with Crippen molar-refractivity contribution in [3.8, 4) is 55.6 Å². The van der Waals surface area contributed by atoms with Crippen molar-refractivity contribution >= 4 is 44.9 Å². The molecule has 328 valence electrons. The van der Waals surface area contributed by atoms with Crippen LogP contribution in [-0.4, -0.2) is 0 Å². The quantitative estimate of drug-likeness (QED) is 0.135. The van der Waals surface area contributed by atoms with E-state index in [9.17, 15) is 0 Å². The Morgan fingerprint density at radius 2 is 0.812 bits per heavy atom. The summed E-state index contributed by atoms with van der Waals surface area (Å²) in [5.74, 6) is 0. The molecule has 0 spiro atoms. The first kappa shape index (κ1) is 41.7. The lowest BCUT2D eigenvalue weighted by atomic mass is 9.82. The van der Waals surface area contributed by atoms with Gasteiger partial charge in [0.2, 0.25) is 0 Å². The number of para-hydroxylation sites is 3. The highest BCUT2D eigenvalue weighted by Crippen LogP contribution is 2.52.